The van der Waals surface area contributed by atoms with Gasteiger partial charge >= 0.3 is 0 Å². The Labute approximate surface area is 95.3 Å². The third kappa shape index (κ3) is 2.47. The zero-order chi connectivity index (χ0) is 12.4. The van der Waals surface area contributed by atoms with Gasteiger partial charge in [0.2, 0.25) is 5.76 Å². The molecule has 1 aromatic carbocycles. The van der Waals surface area contributed by atoms with Crippen molar-refractivity contribution in [2.75, 3.05) is 5.32 Å². The average Bonchev–Trinajstić information content (AvgIpc) is 2.70. The van der Waals surface area contributed by atoms with E-state index >= 15 is 0 Å². The average molecular weight is 238 g/mol. The van der Waals surface area contributed by atoms with Crippen LogP contribution < -0.4 is 5.32 Å². The van der Waals surface area contributed by atoms with Crippen molar-refractivity contribution in [3.05, 3.63) is 47.7 Å². The summed E-state index contributed by atoms with van der Waals surface area (Å²) in [7, 11) is 0. The molecule has 0 bridgehead atoms. The second-order valence-electron chi connectivity index (χ2n) is 3.33. The van der Waals surface area contributed by atoms with Crippen molar-refractivity contribution in [1.29, 1.82) is 0 Å². The summed E-state index contributed by atoms with van der Waals surface area (Å²) < 4.78 is 30.5. The van der Waals surface area contributed by atoms with Gasteiger partial charge in [-0.15, -0.1) is 0 Å². The second kappa shape index (κ2) is 4.32. The minimum atomic E-state index is -1.03. The van der Waals surface area contributed by atoms with Gasteiger partial charge in [-0.05, 0) is 12.1 Å². The number of nitrogens with zero attached hydrogens (tertiary/aromatic N) is 1. The van der Waals surface area contributed by atoms with Crippen molar-refractivity contribution in [1.82, 2.24) is 4.98 Å². The molecule has 0 spiro atoms. The number of carbonyl (C=O) groups is 1. The first-order chi connectivity index (χ1) is 8.06. The van der Waals surface area contributed by atoms with E-state index in [4.69, 9.17) is 4.42 Å². The highest BCUT2D eigenvalue weighted by Gasteiger charge is 2.12. The smallest absolute Gasteiger partial charge is 0.293 e. The first kappa shape index (κ1) is 11.3. The zero-order valence-electron chi connectivity index (χ0n) is 8.83. The third-order valence-electron chi connectivity index (χ3n) is 2.02. The van der Waals surface area contributed by atoms with Crippen LogP contribution in [-0.4, -0.2) is 10.9 Å². The van der Waals surface area contributed by atoms with Gasteiger partial charge in [-0.3, -0.25) is 4.79 Å². The van der Waals surface area contributed by atoms with Crippen molar-refractivity contribution in [3.8, 4) is 0 Å². The van der Waals surface area contributed by atoms with E-state index in [2.05, 4.69) is 10.3 Å². The maximum Gasteiger partial charge on any atom is 0.293 e. The first-order valence-corrected chi connectivity index (χ1v) is 4.75. The van der Waals surface area contributed by atoms with E-state index in [1.807, 2.05) is 0 Å². The molecule has 6 heteroatoms. The van der Waals surface area contributed by atoms with Crippen LogP contribution in [-0.2, 0) is 0 Å². The molecule has 0 fully saturated rings. The van der Waals surface area contributed by atoms with Gasteiger partial charge < -0.3 is 9.73 Å². The van der Waals surface area contributed by atoms with Crippen LogP contribution in [0.2, 0.25) is 0 Å². The van der Waals surface area contributed by atoms with Gasteiger partial charge in [0.1, 0.15) is 0 Å². The maximum atomic E-state index is 12.9. The number of hydrogen-bond donors (Lipinski definition) is 1. The molecule has 1 heterocycles. The molecule has 1 aromatic heterocycles. The molecule has 17 heavy (non-hydrogen) atoms. The summed E-state index contributed by atoms with van der Waals surface area (Å²) in [5.74, 6) is -2.22. The molecular formula is C11H8F2N2O2. The van der Waals surface area contributed by atoms with Crippen molar-refractivity contribution in [3.63, 3.8) is 0 Å². The van der Waals surface area contributed by atoms with Gasteiger partial charge in [-0.25, -0.2) is 13.8 Å². The van der Waals surface area contributed by atoms with E-state index in [9.17, 15) is 13.6 Å². The Kier molecular flexibility index (Phi) is 2.86. The lowest BCUT2D eigenvalue weighted by molar-refractivity contribution is 0.0995. The summed E-state index contributed by atoms with van der Waals surface area (Å²) in [5, 5.41) is 2.36. The summed E-state index contributed by atoms with van der Waals surface area (Å²) in [5.41, 5.74) is 0.142. The highest BCUT2D eigenvalue weighted by atomic mass is 19.2. The highest BCUT2D eigenvalue weighted by Crippen LogP contribution is 2.14. The van der Waals surface area contributed by atoms with E-state index in [-0.39, 0.29) is 11.4 Å². The largest absolute Gasteiger partial charge is 0.436 e. The molecule has 0 unspecified atom stereocenters. The topological polar surface area (TPSA) is 55.1 Å². The summed E-state index contributed by atoms with van der Waals surface area (Å²) in [4.78, 5) is 15.3. The van der Waals surface area contributed by atoms with Crippen LogP contribution in [0, 0.1) is 18.6 Å². The molecule has 0 aliphatic heterocycles. The summed E-state index contributed by atoms with van der Waals surface area (Å²) in [6, 6.07) is 3.06. The number of aromatic nitrogens is 1. The number of hydrogen-bond acceptors (Lipinski definition) is 3. The Morgan fingerprint density at radius 3 is 2.71 bits per heavy atom. The van der Waals surface area contributed by atoms with E-state index in [0.29, 0.717) is 5.89 Å². The lowest BCUT2D eigenvalue weighted by atomic mass is 10.3. The summed E-state index contributed by atoms with van der Waals surface area (Å²) in [6.45, 7) is 1.59. The van der Waals surface area contributed by atoms with Gasteiger partial charge in [0, 0.05) is 18.7 Å². The van der Waals surface area contributed by atoms with Crippen LogP contribution in [0.3, 0.4) is 0 Å². The Morgan fingerprint density at radius 2 is 2.12 bits per heavy atom. The predicted molar refractivity (Wildman–Crippen MR) is 55.6 cm³/mol. The number of halogens is 2. The van der Waals surface area contributed by atoms with Crippen molar-refractivity contribution in [2.24, 2.45) is 0 Å². The molecule has 0 radical (unpaired) electrons. The van der Waals surface area contributed by atoms with E-state index in [1.54, 1.807) is 6.92 Å². The zero-order valence-corrected chi connectivity index (χ0v) is 8.83. The van der Waals surface area contributed by atoms with Crippen LogP contribution in [0.5, 0.6) is 0 Å². The Morgan fingerprint density at radius 1 is 1.35 bits per heavy atom. The number of rotatable bonds is 2. The van der Waals surface area contributed by atoms with Gasteiger partial charge in [0.15, 0.2) is 17.5 Å². The van der Waals surface area contributed by atoms with E-state index in [1.165, 1.54) is 12.3 Å². The molecule has 2 rings (SSSR count). The van der Waals surface area contributed by atoms with Gasteiger partial charge in [0.25, 0.3) is 5.91 Å². The minimum absolute atomic E-state index is 0.00670. The fourth-order valence-electron chi connectivity index (χ4n) is 1.23. The van der Waals surface area contributed by atoms with Gasteiger partial charge in [-0.2, -0.15) is 0 Å². The summed E-state index contributed by atoms with van der Waals surface area (Å²) >= 11 is 0. The SMILES string of the molecule is Cc1ncc(C(=O)Nc2ccc(F)c(F)c2)o1. The molecule has 2 aromatic rings. The highest BCUT2D eigenvalue weighted by molar-refractivity contribution is 6.01. The molecule has 88 valence electrons. The van der Waals surface area contributed by atoms with Crippen molar-refractivity contribution >= 4 is 11.6 Å². The molecule has 0 saturated heterocycles. The fourth-order valence-corrected chi connectivity index (χ4v) is 1.23. The van der Waals surface area contributed by atoms with Crippen LogP contribution >= 0.6 is 0 Å². The van der Waals surface area contributed by atoms with Crippen LogP contribution in [0.1, 0.15) is 16.4 Å². The molecule has 4 nitrogen and oxygen atoms in total. The number of amides is 1. The van der Waals surface area contributed by atoms with Crippen LogP contribution in [0.25, 0.3) is 0 Å². The first-order valence-electron chi connectivity index (χ1n) is 4.75. The number of benzene rings is 1. The minimum Gasteiger partial charge on any atom is -0.436 e. The van der Waals surface area contributed by atoms with Crippen molar-refractivity contribution in [2.45, 2.75) is 6.92 Å². The molecule has 1 amide bonds. The summed E-state index contributed by atoms with van der Waals surface area (Å²) in [6.07, 6.45) is 1.25. The number of anilines is 1. The quantitative estimate of drug-likeness (QED) is 0.874. The molecular weight excluding hydrogens is 230 g/mol. The monoisotopic (exact) mass is 238 g/mol. The molecule has 0 aliphatic rings. The number of nitrogens with one attached hydrogen (secondary N) is 1. The lowest BCUT2D eigenvalue weighted by Gasteiger charge is -2.02. The predicted octanol–water partition coefficient (Wildman–Crippen LogP) is 2.51. The number of aryl methyl sites for hydroxylation is 1. The Hall–Kier alpha value is -2.24. The van der Waals surface area contributed by atoms with Gasteiger partial charge in [0.05, 0.1) is 6.20 Å². The van der Waals surface area contributed by atoms with Crippen LogP contribution in [0.4, 0.5) is 14.5 Å². The standard InChI is InChI=1S/C11H8F2N2O2/c1-6-14-5-10(17-6)11(16)15-7-2-3-8(12)9(13)4-7/h2-5H,1H3,(H,15,16). The van der Waals surface area contributed by atoms with Gasteiger partial charge in [-0.1, -0.05) is 0 Å². The normalized spacial score (nSPS) is 10.3. The molecule has 0 aliphatic carbocycles. The van der Waals surface area contributed by atoms with Crippen LogP contribution in [0.15, 0.2) is 28.8 Å². The maximum absolute atomic E-state index is 12.9. The van der Waals surface area contributed by atoms with E-state index in [0.717, 1.165) is 12.1 Å². The number of oxazole rings is 1. The third-order valence-corrected chi connectivity index (χ3v) is 2.02. The second-order valence-corrected chi connectivity index (χ2v) is 3.33. The fraction of sp³-hybridized carbons (Fsp3) is 0.0909. The lowest BCUT2D eigenvalue weighted by Crippen LogP contribution is -2.11. The molecule has 0 atom stereocenters. The van der Waals surface area contributed by atoms with Crippen molar-refractivity contribution < 1.29 is 18.0 Å². The van der Waals surface area contributed by atoms with E-state index < -0.39 is 17.5 Å². The molecule has 0 saturated carbocycles. The molecule has 1 N–H and O–H groups in total. The Balaban J connectivity index is 2.15. The Bertz CT molecular complexity index is 566. The number of carbonyl (C=O) groups excluding carboxylic acids is 1.